The summed E-state index contributed by atoms with van der Waals surface area (Å²) in [6.07, 6.45) is 3.39. The van der Waals surface area contributed by atoms with Gasteiger partial charge < -0.3 is 10.4 Å². The Labute approximate surface area is 114 Å². The van der Waals surface area contributed by atoms with Crippen LogP contribution in [-0.2, 0) is 0 Å². The van der Waals surface area contributed by atoms with Crippen molar-refractivity contribution in [3.8, 4) is 0 Å². The smallest absolute Gasteiger partial charge is 0.255 e. The second kappa shape index (κ2) is 5.73. The lowest BCUT2D eigenvalue weighted by molar-refractivity contribution is 0.288. The summed E-state index contributed by atoms with van der Waals surface area (Å²) in [6, 6.07) is 1.75. The summed E-state index contributed by atoms with van der Waals surface area (Å²) in [7, 11) is 0. The molecule has 2 unspecified atom stereocenters. The molecule has 98 valence electrons. The highest BCUT2D eigenvalue weighted by molar-refractivity contribution is 7.99. The number of anilines is 1. The molecule has 0 aliphatic rings. The van der Waals surface area contributed by atoms with E-state index in [0.717, 1.165) is 0 Å². The van der Waals surface area contributed by atoms with Crippen LogP contribution in [0.5, 0.6) is 0 Å². The molecule has 2 rings (SSSR count). The van der Waals surface area contributed by atoms with Crippen molar-refractivity contribution in [2.45, 2.75) is 18.2 Å². The molecular formula is C10H14ClN5OS. The van der Waals surface area contributed by atoms with E-state index in [1.807, 2.05) is 13.2 Å². The van der Waals surface area contributed by atoms with Gasteiger partial charge in [0.1, 0.15) is 17.3 Å². The molecule has 2 heterocycles. The zero-order valence-corrected chi connectivity index (χ0v) is 11.6. The third-order valence-corrected chi connectivity index (χ3v) is 3.99. The van der Waals surface area contributed by atoms with Crippen LogP contribution in [0.25, 0.3) is 5.78 Å². The number of aliphatic hydroxyl groups excluding tert-OH is 1. The van der Waals surface area contributed by atoms with Crippen molar-refractivity contribution >= 4 is 35.0 Å². The topological polar surface area (TPSA) is 75.3 Å². The van der Waals surface area contributed by atoms with E-state index in [2.05, 4.69) is 20.4 Å². The Bertz CT molecular complexity index is 530. The first-order valence-electron chi connectivity index (χ1n) is 5.42. The first-order chi connectivity index (χ1) is 8.65. The molecule has 2 aromatic heterocycles. The maximum absolute atomic E-state index is 9.27. The van der Waals surface area contributed by atoms with Gasteiger partial charge in [0.2, 0.25) is 0 Å². The number of fused-ring (bicyclic) bond motifs is 1. The molecule has 2 N–H and O–H groups in total. The second-order valence-electron chi connectivity index (χ2n) is 3.83. The van der Waals surface area contributed by atoms with E-state index < -0.39 is 0 Å². The number of nitrogens with zero attached hydrogens (tertiary/aromatic N) is 4. The van der Waals surface area contributed by atoms with Crippen molar-refractivity contribution in [2.75, 3.05) is 18.2 Å². The summed E-state index contributed by atoms with van der Waals surface area (Å²) >= 11 is 7.53. The number of aliphatic hydroxyl groups is 1. The largest absolute Gasteiger partial charge is 0.395 e. The highest BCUT2D eigenvalue weighted by atomic mass is 35.5. The van der Waals surface area contributed by atoms with E-state index in [0.29, 0.717) is 16.7 Å². The molecule has 0 spiro atoms. The van der Waals surface area contributed by atoms with Crippen LogP contribution in [-0.4, -0.2) is 48.8 Å². The Morgan fingerprint density at radius 3 is 3.06 bits per heavy atom. The van der Waals surface area contributed by atoms with Gasteiger partial charge in [-0.3, -0.25) is 0 Å². The van der Waals surface area contributed by atoms with Crippen LogP contribution in [0, 0.1) is 0 Å². The summed E-state index contributed by atoms with van der Waals surface area (Å²) in [6.45, 7) is 2.10. The second-order valence-corrected chi connectivity index (χ2v) is 5.29. The molecule has 0 saturated carbocycles. The fourth-order valence-electron chi connectivity index (χ4n) is 1.65. The number of aromatic nitrogens is 4. The van der Waals surface area contributed by atoms with E-state index >= 15 is 0 Å². The van der Waals surface area contributed by atoms with Gasteiger partial charge in [-0.1, -0.05) is 11.6 Å². The SMILES string of the molecule is CSC(CO)C(C)Nc1cc(Cl)nc2ncnn12. The lowest BCUT2D eigenvalue weighted by Crippen LogP contribution is -2.31. The van der Waals surface area contributed by atoms with E-state index in [-0.39, 0.29) is 17.9 Å². The molecular weight excluding hydrogens is 274 g/mol. The monoisotopic (exact) mass is 287 g/mol. The summed E-state index contributed by atoms with van der Waals surface area (Å²) in [5.41, 5.74) is 0. The Balaban J connectivity index is 2.28. The molecule has 2 aromatic rings. The van der Waals surface area contributed by atoms with Crippen LogP contribution < -0.4 is 5.32 Å². The standard InChI is InChI=1S/C10H14ClN5OS/c1-6(7(4-17)18-2)14-9-3-8(11)15-10-12-5-13-16(9)10/h3,5-7,14,17H,4H2,1-2H3. The normalized spacial score (nSPS) is 14.7. The minimum atomic E-state index is 0.0656. The van der Waals surface area contributed by atoms with Gasteiger partial charge in [0, 0.05) is 17.4 Å². The van der Waals surface area contributed by atoms with Gasteiger partial charge in [0.15, 0.2) is 0 Å². The van der Waals surface area contributed by atoms with Gasteiger partial charge in [-0.25, -0.2) is 0 Å². The minimum absolute atomic E-state index is 0.0656. The zero-order valence-electron chi connectivity index (χ0n) is 10.0. The minimum Gasteiger partial charge on any atom is -0.395 e. The molecule has 0 aromatic carbocycles. The van der Waals surface area contributed by atoms with Crippen molar-refractivity contribution in [3.05, 3.63) is 17.5 Å². The fourth-order valence-corrected chi connectivity index (χ4v) is 2.45. The van der Waals surface area contributed by atoms with Crippen molar-refractivity contribution in [2.24, 2.45) is 0 Å². The first-order valence-corrected chi connectivity index (χ1v) is 7.08. The maximum Gasteiger partial charge on any atom is 0.255 e. The fraction of sp³-hybridized carbons (Fsp3) is 0.500. The summed E-state index contributed by atoms with van der Waals surface area (Å²) in [5.74, 6) is 1.16. The molecule has 18 heavy (non-hydrogen) atoms. The van der Waals surface area contributed by atoms with Crippen LogP contribution in [0.15, 0.2) is 12.4 Å². The number of thioether (sulfide) groups is 1. The van der Waals surface area contributed by atoms with Gasteiger partial charge in [0.05, 0.1) is 6.61 Å². The van der Waals surface area contributed by atoms with Gasteiger partial charge in [-0.2, -0.15) is 31.3 Å². The van der Waals surface area contributed by atoms with E-state index in [1.54, 1.807) is 22.3 Å². The number of hydrogen-bond donors (Lipinski definition) is 2. The van der Waals surface area contributed by atoms with Gasteiger partial charge in [-0.15, -0.1) is 0 Å². The lowest BCUT2D eigenvalue weighted by Gasteiger charge is -2.22. The molecule has 0 amide bonds. The predicted octanol–water partition coefficient (Wildman–Crippen LogP) is 1.30. The Kier molecular flexibility index (Phi) is 4.26. The average Bonchev–Trinajstić information content (AvgIpc) is 2.78. The maximum atomic E-state index is 9.27. The highest BCUT2D eigenvalue weighted by Gasteiger charge is 2.17. The quantitative estimate of drug-likeness (QED) is 0.808. The van der Waals surface area contributed by atoms with E-state index in [9.17, 15) is 5.11 Å². The summed E-state index contributed by atoms with van der Waals surface area (Å²) in [5, 5.41) is 17.1. The predicted molar refractivity (Wildman–Crippen MR) is 73.3 cm³/mol. The summed E-state index contributed by atoms with van der Waals surface area (Å²) in [4.78, 5) is 8.04. The highest BCUT2D eigenvalue weighted by Crippen LogP contribution is 2.19. The Morgan fingerprint density at radius 1 is 1.61 bits per heavy atom. The van der Waals surface area contributed by atoms with Gasteiger partial charge in [-0.05, 0) is 13.2 Å². The van der Waals surface area contributed by atoms with Crippen molar-refractivity contribution in [1.82, 2.24) is 19.6 Å². The summed E-state index contributed by atoms with van der Waals surface area (Å²) < 4.78 is 1.58. The van der Waals surface area contributed by atoms with Crippen molar-refractivity contribution in [1.29, 1.82) is 0 Å². The number of halogens is 1. The van der Waals surface area contributed by atoms with Gasteiger partial charge in [0.25, 0.3) is 5.78 Å². The van der Waals surface area contributed by atoms with E-state index in [1.165, 1.54) is 6.33 Å². The number of nitrogens with one attached hydrogen (secondary N) is 1. The molecule has 0 saturated heterocycles. The van der Waals surface area contributed by atoms with Crippen LogP contribution in [0.1, 0.15) is 6.92 Å². The lowest BCUT2D eigenvalue weighted by atomic mass is 10.2. The van der Waals surface area contributed by atoms with Crippen LogP contribution in [0.4, 0.5) is 5.82 Å². The molecule has 0 radical (unpaired) electrons. The Morgan fingerprint density at radius 2 is 2.39 bits per heavy atom. The third kappa shape index (κ3) is 2.68. The molecule has 0 aliphatic carbocycles. The molecule has 0 aliphatic heterocycles. The molecule has 6 nitrogen and oxygen atoms in total. The molecule has 0 fully saturated rings. The molecule has 2 atom stereocenters. The number of hydrogen-bond acceptors (Lipinski definition) is 6. The third-order valence-electron chi connectivity index (χ3n) is 2.64. The molecule has 0 bridgehead atoms. The van der Waals surface area contributed by atoms with E-state index in [4.69, 9.17) is 11.6 Å². The van der Waals surface area contributed by atoms with Crippen molar-refractivity contribution < 1.29 is 5.11 Å². The van der Waals surface area contributed by atoms with Crippen molar-refractivity contribution in [3.63, 3.8) is 0 Å². The molecule has 8 heteroatoms. The van der Waals surface area contributed by atoms with Crippen LogP contribution >= 0.6 is 23.4 Å². The Hall–Kier alpha value is -1.05. The van der Waals surface area contributed by atoms with Crippen LogP contribution in [0.2, 0.25) is 5.15 Å². The number of rotatable bonds is 5. The van der Waals surface area contributed by atoms with Crippen LogP contribution in [0.3, 0.4) is 0 Å². The van der Waals surface area contributed by atoms with Gasteiger partial charge >= 0.3 is 0 Å². The average molecular weight is 288 g/mol. The zero-order chi connectivity index (χ0) is 13.1. The first kappa shape index (κ1) is 13.4.